The molecule has 1 unspecified atom stereocenters. The van der Waals surface area contributed by atoms with E-state index < -0.39 is 14.3 Å². The molecule has 1 aromatic carbocycles. The number of benzene rings is 1. The van der Waals surface area contributed by atoms with Crippen LogP contribution in [0.15, 0.2) is 53.1 Å². The number of aromatic carboxylic acids is 1. The molecule has 0 aliphatic carbocycles. The van der Waals surface area contributed by atoms with Crippen LogP contribution in [0.1, 0.15) is 80.1 Å². The molecule has 2 aromatic heterocycles. The highest BCUT2D eigenvalue weighted by Gasteiger charge is 2.40. The van der Waals surface area contributed by atoms with E-state index in [9.17, 15) is 9.90 Å². The van der Waals surface area contributed by atoms with Crippen molar-refractivity contribution in [1.29, 1.82) is 0 Å². The molecular weight excluding hydrogens is 462 g/mol. The lowest BCUT2D eigenvalue weighted by atomic mass is 10.0. The van der Waals surface area contributed by atoms with Crippen molar-refractivity contribution >= 4 is 25.6 Å². The smallest absolute Gasteiger partial charge is 0.345 e. The topological polar surface area (TPSA) is 72.6 Å². The second kappa shape index (κ2) is 11.5. The van der Waals surface area contributed by atoms with Crippen molar-refractivity contribution in [3.63, 3.8) is 0 Å². The number of carboxylic acid groups (broad SMARTS) is 1. The molecule has 0 bridgehead atoms. The van der Waals surface area contributed by atoms with Crippen LogP contribution in [-0.4, -0.2) is 24.4 Å². The molecule has 3 rings (SSSR count). The first kappa shape index (κ1) is 26.4. The molecule has 7 heteroatoms. The molecule has 0 amide bonds. The van der Waals surface area contributed by atoms with Crippen molar-refractivity contribution in [2.45, 2.75) is 83.5 Å². The lowest BCUT2D eigenvalue weighted by Gasteiger charge is -2.38. The van der Waals surface area contributed by atoms with Crippen molar-refractivity contribution in [2.24, 2.45) is 0 Å². The van der Waals surface area contributed by atoms with Gasteiger partial charge in [0.15, 0.2) is 14.1 Å². The van der Waals surface area contributed by atoms with Gasteiger partial charge in [0.25, 0.3) is 0 Å². The molecular formula is C27H37NO4SSi. The van der Waals surface area contributed by atoms with Gasteiger partial charge in [-0.25, -0.2) is 9.78 Å². The quantitative estimate of drug-likeness (QED) is 0.200. The molecule has 0 aliphatic rings. The Bertz CT molecular complexity index is 1050. The average molecular weight is 500 g/mol. The Morgan fingerprint density at radius 1 is 1.09 bits per heavy atom. The van der Waals surface area contributed by atoms with Crippen LogP contribution < -0.4 is 0 Å². The number of hydrogen-bond acceptors (Lipinski definition) is 5. The molecule has 0 fully saturated rings. The molecule has 184 valence electrons. The lowest BCUT2D eigenvalue weighted by molar-refractivity contribution is 0.0702. The van der Waals surface area contributed by atoms with Crippen LogP contribution in [0.4, 0.5) is 0 Å². The molecule has 34 heavy (non-hydrogen) atoms. The number of thiophene rings is 1. The predicted octanol–water partition coefficient (Wildman–Crippen LogP) is 8.36. The van der Waals surface area contributed by atoms with Crippen molar-refractivity contribution in [3.8, 4) is 10.6 Å². The van der Waals surface area contributed by atoms with Gasteiger partial charge in [0.05, 0.1) is 11.1 Å². The Kier molecular flexibility index (Phi) is 8.90. The van der Waals surface area contributed by atoms with Crippen molar-refractivity contribution < 1.29 is 18.7 Å². The Labute approximate surface area is 208 Å². The van der Waals surface area contributed by atoms with Gasteiger partial charge in [-0.05, 0) is 55.1 Å². The first-order valence-corrected chi connectivity index (χ1v) is 15.8. The van der Waals surface area contributed by atoms with Gasteiger partial charge < -0.3 is 13.9 Å². The zero-order valence-corrected chi connectivity index (χ0v) is 22.8. The highest BCUT2D eigenvalue weighted by molar-refractivity contribution is 7.17. The van der Waals surface area contributed by atoms with Crippen molar-refractivity contribution in [3.05, 3.63) is 65.0 Å². The van der Waals surface area contributed by atoms with Gasteiger partial charge in [0.2, 0.25) is 5.89 Å². The summed E-state index contributed by atoms with van der Waals surface area (Å²) in [4.78, 5) is 16.8. The first-order chi connectivity index (χ1) is 16.1. The van der Waals surface area contributed by atoms with E-state index in [2.05, 4.69) is 69.2 Å². The molecule has 0 radical (unpaired) electrons. The summed E-state index contributed by atoms with van der Waals surface area (Å²) in [5, 5.41) is 9.30. The highest BCUT2D eigenvalue weighted by Crippen LogP contribution is 2.41. The molecule has 0 saturated heterocycles. The zero-order valence-electron chi connectivity index (χ0n) is 21.0. The zero-order chi connectivity index (χ0) is 24.8. The normalized spacial score (nSPS) is 13.2. The van der Waals surface area contributed by atoms with Gasteiger partial charge in [-0.15, -0.1) is 11.3 Å². The number of aryl methyl sites for hydroxylation is 1. The molecule has 2 heterocycles. The highest BCUT2D eigenvalue weighted by atomic mass is 32.1. The minimum atomic E-state index is -2.03. The lowest BCUT2D eigenvalue weighted by Crippen LogP contribution is -2.41. The fraction of sp³-hybridized carbons (Fsp3) is 0.481. The maximum Gasteiger partial charge on any atom is 0.345 e. The Morgan fingerprint density at radius 3 is 2.44 bits per heavy atom. The van der Waals surface area contributed by atoms with Gasteiger partial charge in [-0.3, -0.25) is 0 Å². The molecule has 0 spiro atoms. The molecule has 3 aromatic rings. The van der Waals surface area contributed by atoms with Crippen molar-refractivity contribution in [2.75, 3.05) is 0 Å². The van der Waals surface area contributed by atoms with E-state index in [1.54, 1.807) is 18.3 Å². The van der Waals surface area contributed by atoms with Crippen molar-refractivity contribution in [1.82, 2.24) is 4.98 Å². The Balaban J connectivity index is 1.63. The number of hydrogen-bond donors (Lipinski definition) is 1. The standard InChI is InChI=1S/C27H37NO4SSi/c1-27(2,3)34(4,5)32-21(16-12-7-6-9-13-20-14-10-8-11-15-20)25-28-19-22(31-25)23-17-18-24(33-23)26(29)30/h8,10-11,14-15,17-19,21H,6-7,9,12-13,16H2,1-5H3,(H,29,30). The van der Waals surface area contributed by atoms with E-state index in [0.29, 0.717) is 11.7 Å². The van der Waals surface area contributed by atoms with Crippen LogP contribution in [0.3, 0.4) is 0 Å². The molecule has 1 N–H and O–H groups in total. The maximum absolute atomic E-state index is 11.2. The monoisotopic (exact) mass is 499 g/mol. The van der Waals surface area contributed by atoms with Crippen LogP contribution in [-0.2, 0) is 10.8 Å². The van der Waals surface area contributed by atoms with E-state index in [4.69, 9.17) is 8.84 Å². The fourth-order valence-electron chi connectivity index (χ4n) is 3.56. The van der Waals surface area contributed by atoms with Gasteiger partial charge >= 0.3 is 5.97 Å². The summed E-state index contributed by atoms with van der Waals surface area (Å²) in [6.45, 7) is 11.2. The summed E-state index contributed by atoms with van der Waals surface area (Å²) in [6, 6.07) is 14.0. The summed E-state index contributed by atoms with van der Waals surface area (Å²) >= 11 is 1.20. The number of oxazole rings is 1. The van der Waals surface area contributed by atoms with Gasteiger partial charge in [-0.2, -0.15) is 0 Å². The Morgan fingerprint density at radius 2 is 1.79 bits per heavy atom. The van der Waals surface area contributed by atoms with E-state index in [1.165, 1.54) is 29.7 Å². The third kappa shape index (κ3) is 7.14. The number of nitrogens with zero attached hydrogens (tertiary/aromatic N) is 1. The maximum atomic E-state index is 11.2. The number of rotatable bonds is 12. The van der Waals surface area contributed by atoms with Gasteiger partial charge in [0.1, 0.15) is 11.0 Å². The van der Waals surface area contributed by atoms with Crippen LogP contribution >= 0.6 is 11.3 Å². The third-order valence-electron chi connectivity index (χ3n) is 6.63. The summed E-state index contributed by atoms with van der Waals surface area (Å²) in [6.07, 6.45) is 8.04. The molecule has 0 aliphatic heterocycles. The van der Waals surface area contributed by atoms with Gasteiger partial charge in [0, 0.05) is 0 Å². The van der Waals surface area contributed by atoms with Crippen LogP contribution in [0, 0.1) is 0 Å². The summed E-state index contributed by atoms with van der Waals surface area (Å²) < 4.78 is 12.9. The minimum absolute atomic E-state index is 0.0838. The Hall–Kier alpha value is -2.22. The number of unbranched alkanes of at least 4 members (excludes halogenated alkanes) is 3. The average Bonchev–Trinajstić information content (AvgIpc) is 3.45. The van der Waals surface area contributed by atoms with E-state index in [1.807, 2.05) is 0 Å². The van der Waals surface area contributed by atoms with Crippen LogP contribution in [0.2, 0.25) is 18.1 Å². The largest absolute Gasteiger partial charge is 0.477 e. The van der Waals surface area contributed by atoms with Crippen LogP contribution in [0.5, 0.6) is 0 Å². The number of carboxylic acids is 1. The molecule has 5 nitrogen and oxygen atoms in total. The summed E-state index contributed by atoms with van der Waals surface area (Å²) in [5.41, 5.74) is 1.40. The third-order valence-corrected chi connectivity index (χ3v) is 12.2. The van der Waals surface area contributed by atoms with Gasteiger partial charge in [-0.1, -0.05) is 70.4 Å². The summed E-state index contributed by atoms with van der Waals surface area (Å²) in [7, 11) is -2.03. The van der Waals surface area contributed by atoms with E-state index >= 15 is 0 Å². The van der Waals surface area contributed by atoms with E-state index in [-0.39, 0.29) is 16.0 Å². The second-order valence-corrected chi connectivity index (χ2v) is 16.2. The first-order valence-electron chi connectivity index (χ1n) is 12.1. The SMILES string of the molecule is CC(C)(C)[Si](C)(C)OC(CCCCCCc1ccccc1)c1ncc(-c2ccc(C(=O)O)s2)o1. The predicted molar refractivity (Wildman–Crippen MR) is 141 cm³/mol. The van der Waals surface area contributed by atoms with E-state index in [0.717, 1.165) is 30.6 Å². The second-order valence-electron chi connectivity index (χ2n) is 10.3. The molecule has 1 atom stereocenters. The molecule has 0 saturated carbocycles. The number of carbonyl (C=O) groups is 1. The number of aromatic nitrogens is 1. The van der Waals surface area contributed by atoms with Crippen LogP contribution in [0.25, 0.3) is 10.6 Å². The minimum Gasteiger partial charge on any atom is -0.477 e. The summed E-state index contributed by atoms with van der Waals surface area (Å²) in [5.74, 6) is 0.260. The fourth-order valence-corrected chi connectivity index (χ4v) is 5.63.